The van der Waals surface area contributed by atoms with Gasteiger partial charge < -0.3 is 9.47 Å². The number of anilines is 1. The van der Waals surface area contributed by atoms with Crippen LogP contribution < -0.4 is 10.7 Å². The Balaban J connectivity index is 1.45. The van der Waals surface area contributed by atoms with E-state index in [-0.39, 0.29) is 11.9 Å². The molecule has 0 aromatic carbocycles. The van der Waals surface area contributed by atoms with Gasteiger partial charge >= 0.3 is 5.76 Å². The molecule has 7 rings (SSSR count). The first-order valence-corrected chi connectivity index (χ1v) is 15.0. The molecule has 6 heterocycles. The van der Waals surface area contributed by atoms with Gasteiger partial charge in [0.15, 0.2) is 0 Å². The van der Waals surface area contributed by atoms with E-state index in [0.29, 0.717) is 22.3 Å². The summed E-state index contributed by atoms with van der Waals surface area (Å²) >= 11 is 8.09. The van der Waals surface area contributed by atoms with Crippen molar-refractivity contribution in [3.63, 3.8) is 0 Å². The number of aromatic nitrogens is 7. The number of hydrogen-bond donors (Lipinski definition) is 1. The van der Waals surface area contributed by atoms with Gasteiger partial charge in [0.25, 0.3) is 0 Å². The SMILES string of the molecule is C[C@H]1CC[C@H](Cn2c(N3CCCC3c3nccs3)nc3cc(-c4noc(=O)[nH]4)nc(-c4cncc(Cl)c4)c32)CC1. The summed E-state index contributed by atoms with van der Waals surface area (Å²) in [6, 6.07) is 3.92. The molecule has 5 aromatic rings. The van der Waals surface area contributed by atoms with Crippen molar-refractivity contribution in [1.29, 1.82) is 0 Å². The van der Waals surface area contributed by atoms with Gasteiger partial charge in [0.1, 0.15) is 10.7 Å². The van der Waals surface area contributed by atoms with Crippen molar-refractivity contribution in [2.75, 3.05) is 11.4 Å². The van der Waals surface area contributed by atoms with E-state index in [1.165, 1.54) is 25.7 Å². The quantitative estimate of drug-likeness (QED) is 0.257. The van der Waals surface area contributed by atoms with Gasteiger partial charge in [-0.1, -0.05) is 36.5 Å². The van der Waals surface area contributed by atoms with Crippen LogP contribution in [-0.4, -0.2) is 41.2 Å². The Morgan fingerprint density at radius 3 is 2.77 bits per heavy atom. The largest absolute Gasteiger partial charge is 0.439 e. The number of hydrogen-bond acceptors (Lipinski definition) is 9. The van der Waals surface area contributed by atoms with Gasteiger partial charge in [-0.25, -0.2) is 19.7 Å². The van der Waals surface area contributed by atoms with Crippen LogP contribution in [0.4, 0.5) is 5.95 Å². The van der Waals surface area contributed by atoms with Gasteiger partial charge in [0.2, 0.25) is 11.8 Å². The summed E-state index contributed by atoms with van der Waals surface area (Å²) in [5.74, 6) is 1.86. The van der Waals surface area contributed by atoms with Crippen LogP contribution in [0.5, 0.6) is 0 Å². The molecule has 40 heavy (non-hydrogen) atoms. The van der Waals surface area contributed by atoms with E-state index in [4.69, 9.17) is 26.1 Å². The first kappa shape index (κ1) is 25.4. The van der Waals surface area contributed by atoms with Gasteiger partial charge in [-0.05, 0) is 49.7 Å². The van der Waals surface area contributed by atoms with Gasteiger partial charge in [0.05, 0.1) is 27.8 Å². The van der Waals surface area contributed by atoms with Crippen LogP contribution in [0.25, 0.3) is 33.8 Å². The van der Waals surface area contributed by atoms with Crippen molar-refractivity contribution in [1.82, 2.24) is 34.6 Å². The van der Waals surface area contributed by atoms with E-state index in [2.05, 4.69) is 36.5 Å². The molecule has 10 nitrogen and oxygen atoms in total. The van der Waals surface area contributed by atoms with E-state index in [9.17, 15) is 4.79 Å². The first-order chi connectivity index (χ1) is 19.5. The van der Waals surface area contributed by atoms with E-state index >= 15 is 0 Å². The normalized spacial score (nSPS) is 21.4. The lowest BCUT2D eigenvalue weighted by Crippen LogP contribution is -2.27. The lowest BCUT2D eigenvalue weighted by molar-refractivity contribution is 0.266. The predicted octanol–water partition coefficient (Wildman–Crippen LogP) is 6.11. The van der Waals surface area contributed by atoms with Crippen molar-refractivity contribution in [2.45, 2.75) is 58.0 Å². The fourth-order valence-electron chi connectivity index (χ4n) is 6.17. The fourth-order valence-corrected chi connectivity index (χ4v) is 7.13. The van der Waals surface area contributed by atoms with Crippen molar-refractivity contribution < 1.29 is 4.52 Å². The molecular formula is C28H29ClN8O2S. The molecule has 2 fully saturated rings. The fraction of sp³-hybridized carbons (Fsp3) is 0.429. The van der Waals surface area contributed by atoms with Crippen LogP contribution in [0.1, 0.15) is 56.5 Å². The Morgan fingerprint density at radius 1 is 1.15 bits per heavy atom. The molecular weight excluding hydrogens is 548 g/mol. The summed E-state index contributed by atoms with van der Waals surface area (Å²) in [5, 5.41) is 7.57. The Morgan fingerprint density at radius 2 is 2.02 bits per heavy atom. The second kappa shape index (κ2) is 10.4. The number of halogens is 1. The Kier molecular flexibility index (Phi) is 6.63. The lowest BCUT2D eigenvalue weighted by Gasteiger charge is -2.30. The minimum atomic E-state index is -0.635. The number of fused-ring (bicyclic) bond motifs is 1. The topological polar surface area (TPSA) is 119 Å². The summed E-state index contributed by atoms with van der Waals surface area (Å²) < 4.78 is 7.16. The van der Waals surface area contributed by atoms with Gasteiger partial charge in [-0.2, -0.15) is 0 Å². The summed E-state index contributed by atoms with van der Waals surface area (Å²) in [6.45, 7) is 4.10. The van der Waals surface area contributed by atoms with E-state index < -0.39 is 5.76 Å². The summed E-state index contributed by atoms with van der Waals surface area (Å²) in [5.41, 5.74) is 3.63. The standard InChI is InChI=1S/C28H29ClN8O2S/c1-16-4-6-17(7-5-16)15-37-24-20(33-27(37)36-9-2-3-22(36)26-31-8-10-40-26)12-21(25-34-28(38)39-35-25)32-23(24)18-11-19(29)14-30-13-18/h8,10-14,16-17,22H,2-7,9,15H2,1H3,(H,34,35,38)/t16-,17-,22?. The molecule has 0 bridgehead atoms. The number of thiazole rings is 1. The van der Waals surface area contributed by atoms with Crippen LogP contribution in [0, 0.1) is 11.8 Å². The lowest BCUT2D eigenvalue weighted by atomic mass is 9.83. The molecule has 1 atom stereocenters. The third-order valence-corrected chi connectivity index (χ3v) is 9.27. The molecule has 206 valence electrons. The van der Waals surface area contributed by atoms with Gasteiger partial charge in [-0.15, -0.1) is 11.3 Å². The summed E-state index contributed by atoms with van der Waals surface area (Å²) in [4.78, 5) is 36.1. The predicted molar refractivity (Wildman–Crippen MR) is 154 cm³/mol. The number of imidazole rings is 1. The molecule has 0 spiro atoms. The number of rotatable bonds is 6. The third kappa shape index (κ3) is 4.71. The highest BCUT2D eigenvalue weighted by Gasteiger charge is 2.34. The van der Waals surface area contributed by atoms with Crippen LogP contribution in [0.15, 0.2) is 45.4 Å². The molecule has 1 saturated heterocycles. The van der Waals surface area contributed by atoms with Gasteiger partial charge in [0, 0.05) is 42.6 Å². The van der Waals surface area contributed by atoms with Crippen LogP contribution in [0.2, 0.25) is 5.02 Å². The Labute approximate surface area is 239 Å². The van der Waals surface area contributed by atoms with E-state index in [1.807, 2.05) is 23.7 Å². The zero-order valence-electron chi connectivity index (χ0n) is 22.1. The molecule has 5 aromatic heterocycles. The molecule has 2 aliphatic rings. The maximum atomic E-state index is 11.8. The number of aromatic amines is 1. The van der Waals surface area contributed by atoms with E-state index in [0.717, 1.165) is 59.4 Å². The molecule has 0 radical (unpaired) electrons. The highest BCUT2D eigenvalue weighted by atomic mass is 35.5. The van der Waals surface area contributed by atoms with Crippen molar-refractivity contribution in [3.05, 3.63) is 56.7 Å². The zero-order valence-corrected chi connectivity index (χ0v) is 23.7. The number of H-pyrrole nitrogens is 1. The van der Waals surface area contributed by atoms with Crippen molar-refractivity contribution in [3.8, 4) is 22.8 Å². The van der Waals surface area contributed by atoms with Crippen molar-refractivity contribution in [2.24, 2.45) is 11.8 Å². The maximum Gasteiger partial charge on any atom is 0.439 e. The minimum absolute atomic E-state index is 0.178. The Hall–Kier alpha value is -3.57. The molecule has 1 saturated carbocycles. The average molecular weight is 577 g/mol. The molecule has 1 aliphatic carbocycles. The van der Waals surface area contributed by atoms with Crippen LogP contribution in [-0.2, 0) is 6.54 Å². The number of pyridine rings is 2. The smallest absolute Gasteiger partial charge is 0.333 e. The van der Waals surface area contributed by atoms with E-state index in [1.54, 1.807) is 23.7 Å². The second-order valence-electron chi connectivity index (χ2n) is 10.9. The monoisotopic (exact) mass is 576 g/mol. The maximum absolute atomic E-state index is 11.8. The van der Waals surface area contributed by atoms with Crippen molar-refractivity contribution >= 4 is 39.9 Å². The average Bonchev–Trinajstić information content (AvgIpc) is 3.76. The highest BCUT2D eigenvalue weighted by molar-refractivity contribution is 7.09. The minimum Gasteiger partial charge on any atom is -0.333 e. The highest BCUT2D eigenvalue weighted by Crippen LogP contribution is 2.41. The summed E-state index contributed by atoms with van der Waals surface area (Å²) in [6.07, 6.45) is 12.2. The number of nitrogens with zero attached hydrogens (tertiary/aromatic N) is 7. The molecule has 1 N–H and O–H groups in total. The number of nitrogens with one attached hydrogen (secondary N) is 1. The molecule has 1 aliphatic heterocycles. The Bertz CT molecular complexity index is 1700. The van der Waals surface area contributed by atoms with Crippen LogP contribution >= 0.6 is 22.9 Å². The summed E-state index contributed by atoms with van der Waals surface area (Å²) in [7, 11) is 0. The molecule has 12 heteroatoms. The first-order valence-electron chi connectivity index (χ1n) is 13.8. The molecule has 1 unspecified atom stereocenters. The second-order valence-corrected chi connectivity index (χ2v) is 12.3. The van der Waals surface area contributed by atoms with Crippen LogP contribution in [0.3, 0.4) is 0 Å². The third-order valence-electron chi connectivity index (χ3n) is 8.19. The molecule has 0 amide bonds. The zero-order chi connectivity index (χ0) is 27.2. The van der Waals surface area contributed by atoms with Gasteiger partial charge in [-0.3, -0.25) is 14.5 Å².